The number of benzene rings is 2. The average Bonchev–Trinajstić information content (AvgIpc) is 2.56. The standard InChI is InChI=1S/C18H19FN2OS.ClH/c1-11-5-7-12(8-6-11)16(20)18(22)21-15-9-10-23-17-13(15)3-2-4-14(17)19;/h2-8,15-16H,9-10,20H2,1H3,(H,21,22);1H. The molecule has 0 aliphatic carbocycles. The summed E-state index contributed by atoms with van der Waals surface area (Å²) in [6.45, 7) is 1.99. The van der Waals surface area contributed by atoms with E-state index in [9.17, 15) is 9.18 Å². The monoisotopic (exact) mass is 366 g/mol. The second kappa shape index (κ2) is 8.01. The predicted molar refractivity (Wildman–Crippen MR) is 98.0 cm³/mol. The maximum Gasteiger partial charge on any atom is 0.241 e. The minimum absolute atomic E-state index is 0. The highest BCUT2D eigenvalue weighted by Crippen LogP contribution is 2.37. The number of fused-ring (bicyclic) bond motifs is 1. The van der Waals surface area contributed by atoms with Crippen LogP contribution < -0.4 is 11.1 Å². The normalized spacial score (nSPS) is 17.4. The molecule has 3 N–H and O–H groups in total. The third-order valence-corrected chi connectivity index (χ3v) is 5.22. The molecule has 3 rings (SSSR count). The van der Waals surface area contributed by atoms with Crippen molar-refractivity contribution >= 4 is 30.1 Å². The SMILES string of the molecule is Cc1ccc(C(N)C(=O)NC2CCSc3c(F)cccc32)cc1.Cl. The van der Waals surface area contributed by atoms with Gasteiger partial charge in [-0.25, -0.2) is 4.39 Å². The van der Waals surface area contributed by atoms with Crippen molar-refractivity contribution in [1.29, 1.82) is 0 Å². The lowest BCUT2D eigenvalue weighted by atomic mass is 10.0. The van der Waals surface area contributed by atoms with E-state index < -0.39 is 6.04 Å². The van der Waals surface area contributed by atoms with Gasteiger partial charge < -0.3 is 11.1 Å². The van der Waals surface area contributed by atoms with Gasteiger partial charge in [-0.1, -0.05) is 42.0 Å². The Bertz CT molecular complexity index is 723. The molecule has 2 unspecified atom stereocenters. The van der Waals surface area contributed by atoms with E-state index in [0.717, 1.165) is 28.9 Å². The summed E-state index contributed by atoms with van der Waals surface area (Å²) in [5.41, 5.74) is 8.80. The highest BCUT2D eigenvalue weighted by molar-refractivity contribution is 7.99. The van der Waals surface area contributed by atoms with Gasteiger partial charge in [-0.05, 0) is 30.5 Å². The Morgan fingerprint density at radius 2 is 2.00 bits per heavy atom. The van der Waals surface area contributed by atoms with Crippen molar-refractivity contribution in [3.8, 4) is 0 Å². The van der Waals surface area contributed by atoms with Crippen molar-refractivity contribution < 1.29 is 9.18 Å². The highest BCUT2D eigenvalue weighted by atomic mass is 35.5. The maximum atomic E-state index is 13.9. The van der Waals surface area contributed by atoms with Crippen molar-refractivity contribution in [3.63, 3.8) is 0 Å². The van der Waals surface area contributed by atoms with Gasteiger partial charge in [0.05, 0.1) is 6.04 Å². The van der Waals surface area contributed by atoms with Crippen LogP contribution in [0.3, 0.4) is 0 Å². The Balaban J connectivity index is 0.00000208. The summed E-state index contributed by atoms with van der Waals surface area (Å²) >= 11 is 1.49. The van der Waals surface area contributed by atoms with Crippen molar-refractivity contribution in [2.45, 2.75) is 30.3 Å². The van der Waals surface area contributed by atoms with E-state index in [4.69, 9.17) is 5.73 Å². The van der Waals surface area contributed by atoms with E-state index >= 15 is 0 Å². The van der Waals surface area contributed by atoms with Crippen molar-refractivity contribution in [3.05, 3.63) is 65.0 Å². The zero-order valence-corrected chi connectivity index (χ0v) is 14.9. The summed E-state index contributed by atoms with van der Waals surface area (Å²) < 4.78 is 13.9. The number of rotatable bonds is 3. The molecule has 0 saturated heterocycles. The predicted octanol–water partition coefficient (Wildman–Crippen LogP) is 3.91. The van der Waals surface area contributed by atoms with Crippen molar-refractivity contribution in [1.82, 2.24) is 5.32 Å². The van der Waals surface area contributed by atoms with Crippen LogP contribution in [0.4, 0.5) is 4.39 Å². The number of aryl methyl sites for hydroxylation is 1. The number of nitrogens with one attached hydrogen (secondary N) is 1. The van der Waals surface area contributed by atoms with Crippen molar-refractivity contribution in [2.75, 3.05) is 5.75 Å². The molecule has 128 valence electrons. The Morgan fingerprint density at radius 1 is 1.29 bits per heavy atom. The van der Waals surface area contributed by atoms with E-state index in [-0.39, 0.29) is 30.2 Å². The first-order valence-corrected chi connectivity index (χ1v) is 8.58. The molecule has 0 bridgehead atoms. The fraction of sp³-hybridized carbons (Fsp3) is 0.278. The van der Waals surface area contributed by atoms with Crippen molar-refractivity contribution in [2.24, 2.45) is 5.73 Å². The van der Waals surface area contributed by atoms with Gasteiger partial charge in [0.1, 0.15) is 11.9 Å². The highest BCUT2D eigenvalue weighted by Gasteiger charge is 2.26. The van der Waals surface area contributed by atoms with Crippen LogP contribution in [0.25, 0.3) is 0 Å². The third-order valence-electron chi connectivity index (χ3n) is 4.06. The number of carbonyl (C=O) groups excluding carboxylic acids is 1. The molecular weight excluding hydrogens is 347 g/mol. The Kier molecular flexibility index (Phi) is 6.27. The Labute approximate surface area is 151 Å². The molecule has 2 aromatic rings. The topological polar surface area (TPSA) is 55.1 Å². The van der Waals surface area contributed by atoms with Crippen LogP contribution in [-0.4, -0.2) is 11.7 Å². The number of hydrogen-bond acceptors (Lipinski definition) is 3. The van der Waals surface area contributed by atoms with Gasteiger partial charge in [0.2, 0.25) is 5.91 Å². The summed E-state index contributed by atoms with van der Waals surface area (Å²) in [5.74, 6) is 0.314. The molecule has 0 radical (unpaired) electrons. The minimum atomic E-state index is -0.720. The van der Waals surface area contributed by atoms with Gasteiger partial charge in [-0.3, -0.25) is 4.79 Å². The summed E-state index contributed by atoms with van der Waals surface area (Å²) in [6, 6.07) is 11.7. The maximum absolute atomic E-state index is 13.9. The summed E-state index contributed by atoms with van der Waals surface area (Å²) in [6.07, 6.45) is 0.771. The van der Waals surface area contributed by atoms with Crippen LogP contribution in [0.2, 0.25) is 0 Å². The van der Waals surface area contributed by atoms with E-state index in [2.05, 4.69) is 5.32 Å². The molecule has 3 nitrogen and oxygen atoms in total. The fourth-order valence-corrected chi connectivity index (χ4v) is 3.86. The van der Waals surface area contributed by atoms with E-state index in [0.29, 0.717) is 4.90 Å². The molecule has 24 heavy (non-hydrogen) atoms. The Morgan fingerprint density at radius 3 is 2.71 bits per heavy atom. The van der Waals surface area contributed by atoms with Gasteiger partial charge in [0.15, 0.2) is 0 Å². The number of carbonyl (C=O) groups is 1. The molecule has 1 aliphatic heterocycles. The molecule has 2 atom stereocenters. The van der Waals surface area contributed by atoms with Crippen LogP contribution in [0.1, 0.15) is 35.2 Å². The molecule has 1 amide bonds. The molecular formula is C18H20ClFN2OS. The van der Waals surface area contributed by atoms with Crippen LogP contribution in [-0.2, 0) is 4.79 Å². The number of amides is 1. The van der Waals surface area contributed by atoms with Gasteiger partial charge in [-0.15, -0.1) is 24.2 Å². The smallest absolute Gasteiger partial charge is 0.241 e. The van der Waals surface area contributed by atoms with E-state index in [1.165, 1.54) is 17.8 Å². The summed E-state index contributed by atoms with van der Waals surface area (Å²) in [5, 5.41) is 2.97. The van der Waals surface area contributed by atoms with Gasteiger partial charge in [0, 0.05) is 10.6 Å². The number of thioether (sulfide) groups is 1. The molecule has 6 heteroatoms. The van der Waals surface area contributed by atoms with Crippen LogP contribution in [0, 0.1) is 12.7 Å². The lowest BCUT2D eigenvalue weighted by Crippen LogP contribution is -2.37. The summed E-state index contributed by atoms with van der Waals surface area (Å²) in [7, 11) is 0. The quantitative estimate of drug-likeness (QED) is 0.865. The summed E-state index contributed by atoms with van der Waals surface area (Å²) in [4.78, 5) is 13.1. The Hall–Kier alpha value is -1.56. The number of halogens is 2. The zero-order valence-electron chi connectivity index (χ0n) is 13.3. The fourth-order valence-electron chi connectivity index (χ4n) is 2.72. The number of nitrogens with two attached hydrogens (primary N) is 1. The van der Waals surface area contributed by atoms with Gasteiger partial charge in [-0.2, -0.15) is 0 Å². The lowest BCUT2D eigenvalue weighted by molar-refractivity contribution is -0.123. The molecule has 1 aliphatic rings. The van der Waals surface area contributed by atoms with E-state index in [1.54, 1.807) is 6.07 Å². The molecule has 0 spiro atoms. The molecule has 1 heterocycles. The average molecular weight is 367 g/mol. The first-order valence-electron chi connectivity index (χ1n) is 7.60. The molecule has 0 saturated carbocycles. The van der Waals surface area contributed by atoms with Crippen LogP contribution >= 0.6 is 24.2 Å². The first kappa shape index (κ1) is 18.8. The first-order chi connectivity index (χ1) is 11.1. The second-order valence-corrected chi connectivity index (χ2v) is 6.85. The van der Waals surface area contributed by atoms with Crippen LogP contribution in [0.15, 0.2) is 47.4 Å². The van der Waals surface area contributed by atoms with Gasteiger partial charge >= 0.3 is 0 Å². The molecule has 0 fully saturated rings. The zero-order chi connectivity index (χ0) is 16.4. The number of hydrogen-bond donors (Lipinski definition) is 2. The molecule has 0 aromatic heterocycles. The van der Waals surface area contributed by atoms with Crippen LogP contribution in [0.5, 0.6) is 0 Å². The second-order valence-electron chi connectivity index (χ2n) is 5.74. The third kappa shape index (κ3) is 3.91. The largest absolute Gasteiger partial charge is 0.348 e. The lowest BCUT2D eigenvalue weighted by Gasteiger charge is -2.27. The van der Waals surface area contributed by atoms with E-state index in [1.807, 2.05) is 37.3 Å². The molecule has 2 aromatic carbocycles. The van der Waals surface area contributed by atoms with Gasteiger partial charge in [0.25, 0.3) is 0 Å². The minimum Gasteiger partial charge on any atom is -0.348 e.